The summed E-state index contributed by atoms with van der Waals surface area (Å²) in [5.41, 5.74) is 0.529. The van der Waals surface area contributed by atoms with Crippen molar-refractivity contribution in [3.05, 3.63) is 28.8 Å². The minimum atomic E-state index is 0.512. The van der Waals surface area contributed by atoms with Crippen LogP contribution in [0.2, 0.25) is 5.02 Å². The van der Waals surface area contributed by atoms with Crippen LogP contribution in [0.1, 0.15) is 36.0 Å². The summed E-state index contributed by atoms with van der Waals surface area (Å²) in [7, 11) is 0. The summed E-state index contributed by atoms with van der Waals surface area (Å²) in [4.78, 5) is 10.8. The molecule has 0 amide bonds. The number of hydrogen-bond donors (Lipinski definition) is 0. The van der Waals surface area contributed by atoms with Gasteiger partial charge in [0.2, 0.25) is 0 Å². The van der Waals surface area contributed by atoms with Crippen molar-refractivity contribution in [3.63, 3.8) is 0 Å². The van der Waals surface area contributed by atoms with E-state index in [-0.39, 0.29) is 0 Å². The van der Waals surface area contributed by atoms with Gasteiger partial charge in [0, 0.05) is 0 Å². The van der Waals surface area contributed by atoms with E-state index in [2.05, 4.69) is 0 Å². The van der Waals surface area contributed by atoms with Crippen molar-refractivity contribution in [3.8, 4) is 5.75 Å². The van der Waals surface area contributed by atoms with E-state index in [1.165, 1.54) is 19.3 Å². The van der Waals surface area contributed by atoms with Gasteiger partial charge >= 0.3 is 0 Å². The minimum Gasteiger partial charge on any atom is -0.491 e. The van der Waals surface area contributed by atoms with Crippen molar-refractivity contribution in [1.29, 1.82) is 0 Å². The van der Waals surface area contributed by atoms with Crippen molar-refractivity contribution in [1.82, 2.24) is 0 Å². The van der Waals surface area contributed by atoms with Crippen LogP contribution in [-0.4, -0.2) is 12.9 Å². The van der Waals surface area contributed by atoms with E-state index in [9.17, 15) is 4.79 Å². The monoisotopic (exact) mass is 238 g/mol. The molecule has 1 saturated carbocycles. The molecule has 2 rings (SSSR count). The first kappa shape index (κ1) is 11.5. The van der Waals surface area contributed by atoms with Gasteiger partial charge in [-0.2, -0.15) is 0 Å². The Morgan fingerprint density at radius 2 is 2.25 bits per heavy atom. The molecule has 0 unspecified atom stereocenters. The van der Waals surface area contributed by atoms with Gasteiger partial charge in [0.05, 0.1) is 17.2 Å². The Hall–Kier alpha value is -1.02. The van der Waals surface area contributed by atoms with E-state index in [0.29, 0.717) is 22.9 Å². The fourth-order valence-electron chi connectivity index (χ4n) is 1.88. The van der Waals surface area contributed by atoms with Crippen molar-refractivity contribution in [2.45, 2.75) is 25.7 Å². The molecule has 1 aliphatic carbocycles. The number of hydrogen-bond acceptors (Lipinski definition) is 2. The highest BCUT2D eigenvalue weighted by Crippen LogP contribution is 2.31. The van der Waals surface area contributed by atoms with E-state index in [0.717, 1.165) is 18.6 Å². The van der Waals surface area contributed by atoms with Crippen LogP contribution < -0.4 is 4.74 Å². The Morgan fingerprint density at radius 1 is 1.44 bits per heavy atom. The normalized spacial score (nSPS) is 15.6. The number of carbonyl (C=O) groups is 1. The Balaban J connectivity index is 1.93. The standard InChI is InChI=1S/C13H15ClO2/c14-12-6-2-5-11(9-15)13(12)16-8-7-10-3-1-4-10/h2,5-6,9-10H,1,3-4,7-8H2. The highest BCUT2D eigenvalue weighted by atomic mass is 35.5. The fourth-order valence-corrected chi connectivity index (χ4v) is 2.12. The van der Waals surface area contributed by atoms with Gasteiger partial charge in [-0.15, -0.1) is 0 Å². The molecule has 16 heavy (non-hydrogen) atoms. The zero-order chi connectivity index (χ0) is 11.4. The van der Waals surface area contributed by atoms with Gasteiger partial charge in [-0.1, -0.05) is 36.9 Å². The molecule has 0 heterocycles. The van der Waals surface area contributed by atoms with E-state index in [4.69, 9.17) is 16.3 Å². The average molecular weight is 239 g/mol. The first-order chi connectivity index (χ1) is 7.81. The highest BCUT2D eigenvalue weighted by Gasteiger charge is 2.17. The molecule has 3 heteroatoms. The van der Waals surface area contributed by atoms with Crippen molar-refractivity contribution in [2.75, 3.05) is 6.61 Å². The van der Waals surface area contributed by atoms with Crippen LogP contribution >= 0.6 is 11.6 Å². The van der Waals surface area contributed by atoms with Gasteiger partial charge in [-0.25, -0.2) is 0 Å². The molecule has 1 fully saturated rings. The van der Waals surface area contributed by atoms with Crippen LogP contribution in [0, 0.1) is 5.92 Å². The van der Waals surface area contributed by atoms with Gasteiger partial charge < -0.3 is 4.74 Å². The third-order valence-electron chi connectivity index (χ3n) is 3.12. The number of carbonyl (C=O) groups excluding carboxylic acids is 1. The molecule has 0 spiro atoms. The van der Waals surface area contributed by atoms with E-state index in [1.54, 1.807) is 18.2 Å². The van der Waals surface area contributed by atoms with Crippen LogP contribution in [0.4, 0.5) is 0 Å². The third kappa shape index (κ3) is 2.56. The lowest BCUT2D eigenvalue weighted by molar-refractivity contribution is 0.111. The highest BCUT2D eigenvalue weighted by molar-refractivity contribution is 6.32. The lowest BCUT2D eigenvalue weighted by Crippen LogP contribution is -2.14. The summed E-state index contributed by atoms with van der Waals surface area (Å²) in [5.74, 6) is 1.33. The predicted molar refractivity (Wildman–Crippen MR) is 64.3 cm³/mol. The summed E-state index contributed by atoms with van der Waals surface area (Å²) in [5, 5.41) is 0.512. The Bertz CT molecular complexity index is 372. The van der Waals surface area contributed by atoms with Gasteiger partial charge in [0.25, 0.3) is 0 Å². The molecule has 0 radical (unpaired) electrons. The molecule has 0 saturated heterocycles. The number of aldehydes is 1. The minimum absolute atomic E-state index is 0.512. The summed E-state index contributed by atoms with van der Waals surface area (Å²) in [6.45, 7) is 0.648. The van der Waals surface area contributed by atoms with Gasteiger partial charge in [-0.3, -0.25) is 4.79 Å². The van der Waals surface area contributed by atoms with Crippen molar-refractivity contribution >= 4 is 17.9 Å². The van der Waals surface area contributed by atoms with Crippen LogP contribution in [0.15, 0.2) is 18.2 Å². The van der Waals surface area contributed by atoms with E-state index in [1.807, 2.05) is 0 Å². The summed E-state index contributed by atoms with van der Waals surface area (Å²) in [6.07, 6.45) is 5.81. The van der Waals surface area contributed by atoms with E-state index < -0.39 is 0 Å². The predicted octanol–water partition coefficient (Wildman–Crippen LogP) is 3.72. The fraction of sp³-hybridized carbons (Fsp3) is 0.462. The van der Waals surface area contributed by atoms with Gasteiger partial charge in [0.15, 0.2) is 6.29 Å². The Labute approximate surface area is 101 Å². The summed E-state index contributed by atoms with van der Waals surface area (Å²) >= 11 is 5.99. The largest absolute Gasteiger partial charge is 0.491 e. The molecule has 1 aliphatic rings. The molecule has 0 N–H and O–H groups in total. The number of para-hydroxylation sites is 1. The Morgan fingerprint density at radius 3 is 2.88 bits per heavy atom. The maximum atomic E-state index is 10.8. The molecular formula is C13H15ClO2. The topological polar surface area (TPSA) is 26.3 Å². The van der Waals surface area contributed by atoms with Crippen molar-refractivity contribution in [2.24, 2.45) is 5.92 Å². The Kier molecular flexibility index (Phi) is 3.83. The van der Waals surface area contributed by atoms with E-state index >= 15 is 0 Å². The molecule has 86 valence electrons. The SMILES string of the molecule is O=Cc1cccc(Cl)c1OCCC1CCC1. The molecule has 2 nitrogen and oxygen atoms in total. The number of rotatable bonds is 5. The molecule has 1 aromatic rings. The first-order valence-corrected chi connectivity index (χ1v) is 6.05. The van der Waals surface area contributed by atoms with Crippen LogP contribution in [0.5, 0.6) is 5.75 Å². The molecule has 0 atom stereocenters. The maximum absolute atomic E-state index is 10.8. The number of benzene rings is 1. The number of ether oxygens (including phenoxy) is 1. The van der Waals surface area contributed by atoms with Crippen molar-refractivity contribution < 1.29 is 9.53 Å². The zero-order valence-corrected chi connectivity index (χ0v) is 9.87. The molecule has 0 bridgehead atoms. The second kappa shape index (κ2) is 5.35. The molecule has 0 aromatic heterocycles. The van der Waals surface area contributed by atoms with Gasteiger partial charge in [-0.05, 0) is 24.5 Å². The third-order valence-corrected chi connectivity index (χ3v) is 3.42. The molecule has 1 aromatic carbocycles. The lowest BCUT2D eigenvalue weighted by Gasteiger charge is -2.25. The second-order valence-electron chi connectivity index (χ2n) is 4.21. The quantitative estimate of drug-likeness (QED) is 0.731. The summed E-state index contributed by atoms with van der Waals surface area (Å²) < 4.78 is 5.60. The lowest BCUT2D eigenvalue weighted by atomic mass is 9.83. The average Bonchev–Trinajstić information content (AvgIpc) is 2.23. The smallest absolute Gasteiger partial charge is 0.153 e. The van der Waals surface area contributed by atoms with Gasteiger partial charge in [0.1, 0.15) is 5.75 Å². The maximum Gasteiger partial charge on any atom is 0.153 e. The summed E-state index contributed by atoms with van der Waals surface area (Å²) in [6, 6.07) is 5.22. The second-order valence-corrected chi connectivity index (χ2v) is 4.62. The van der Waals surface area contributed by atoms with Crippen LogP contribution in [0.25, 0.3) is 0 Å². The van der Waals surface area contributed by atoms with Crippen LogP contribution in [-0.2, 0) is 0 Å². The molecular weight excluding hydrogens is 224 g/mol. The first-order valence-electron chi connectivity index (χ1n) is 5.67. The number of halogens is 1. The zero-order valence-electron chi connectivity index (χ0n) is 9.12. The van der Waals surface area contributed by atoms with Crippen LogP contribution in [0.3, 0.4) is 0 Å². The molecule has 0 aliphatic heterocycles.